The van der Waals surface area contributed by atoms with Gasteiger partial charge >= 0.3 is 5.97 Å². The van der Waals surface area contributed by atoms with Crippen LogP contribution >= 0.6 is 0 Å². The minimum Gasteiger partial charge on any atom is -0.497 e. The third-order valence-electron chi connectivity index (χ3n) is 15.3. The zero-order valence-electron chi connectivity index (χ0n) is 44.1. The molecule has 0 unspecified atom stereocenters. The second-order valence-corrected chi connectivity index (χ2v) is 20.2. The monoisotopic (exact) mass is 965 g/mol. The van der Waals surface area contributed by atoms with Crippen LogP contribution in [0.3, 0.4) is 0 Å². The summed E-state index contributed by atoms with van der Waals surface area (Å²) in [4.78, 5) is 26.1. The molecule has 0 saturated heterocycles. The number of anilines is 1. The van der Waals surface area contributed by atoms with Crippen molar-refractivity contribution in [2.45, 2.75) is 200 Å². The van der Waals surface area contributed by atoms with Crippen molar-refractivity contribution in [3.63, 3.8) is 0 Å². The van der Waals surface area contributed by atoms with Gasteiger partial charge in [0.25, 0.3) is 6.47 Å². The van der Waals surface area contributed by atoms with Gasteiger partial charge in [-0.25, -0.2) is 0 Å². The van der Waals surface area contributed by atoms with Crippen LogP contribution in [-0.2, 0) is 25.2 Å². The Morgan fingerprint density at radius 3 is 1.94 bits per heavy atom. The Bertz CT molecular complexity index is 2430. The van der Waals surface area contributed by atoms with E-state index in [-0.39, 0.29) is 19.6 Å². The molecule has 2 aliphatic heterocycles. The van der Waals surface area contributed by atoms with E-state index >= 15 is 0 Å². The van der Waals surface area contributed by atoms with Crippen LogP contribution in [0.2, 0.25) is 0 Å². The molecule has 0 amide bonds. The summed E-state index contributed by atoms with van der Waals surface area (Å²) in [6, 6.07) is 20.5. The maximum atomic E-state index is 12.3. The Labute approximate surface area is 426 Å². The average molecular weight is 965 g/mol. The van der Waals surface area contributed by atoms with Crippen molar-refractivity contribution >= 4 is 29.5 Å². The SMILES string of the molecule is CCCCCCC1(CCCCCC)C(/C(C#N)=C/C2=C(C#N)C(=C/C(C#N)=C3\N(CCOC=O)c4ccc(OC)cc4C3(CCCCCC)CCCCCC)/CCC2)=[N+](CCC(=O)O)c2ccc(C)cc21. The maximum Gasteiger partial charge on any atom is 0.309 e. The minimum absolute atomic E-state index is 0.0878. The first-order chi connectivity index (χ1) is 34.6. The summed E-state index contributed by atoms with van der Waals surface area (Å²) in [5.74, 6) is -0.150. The van der Waals surface area contributed by atoms with Gasteiger partial charge in [0, 0.05) is 28.4 Å². The Morgan fingerprint density at radius 2 is 1.41 bits per heavy atom. The molecular weight excluding hydrogens is 883 g/mol. The first kappa shape index (κ1) is 56.0. The molecule has 10 heteroatoms. The van der Waals surface area contributed by atoms with E-state index in [1.807, 2.05) is 18.2 Å². The highest BCUT2D eigenvalue weighted by atomic mass is 16.5. The third kappa shape index (κ3) is 13.3. The number of benzene rings is 2. The smallest absolute Gasteiger partial charge is 0.309 e. The van der Waals surface area contributed by atoms with Crippen molar-refractivity contribution in [1.29, 1.82) is 15.8 Å². The summed E-state index contributed by atoms with van der Waals surface area (Å²) >= 11 is 0. The van der Waals surface area contributed by atoms with Crippen LogP contribution < -0.4 is 9.64 Å². The third-order valence-corrected chi connectivity index (χ3v) is 15.3. The van der Waals surface area contributed by atoms with E-state index in [9.17, 15) is 30.5 Å². The van der Waals surface area contributed by atoms with Gasteiger partial charge in [0.2, 0.25) is 11.4 Å². The fourth-order valence-electron chi connectivity index (χ4n) is 11.9. The summed E-state index contributed by atoms with van der Waals surface area (Å²) < 4.78 is 13.3. The molecule has 0 fully saturated rings. The molecule has 0 radical (unpaired) electrons. The highest BCUT2D eigenvalue weighted by Crippen LogP contribution is 2.56. The number of nitrogens with zero attached hydrogens (tertiary/aromatic N) is 5. The summed E-state index contributed by atoms with van der Waals surface area (Å²) in [6.45, 7) is 12.1. The van der Waals surface area contributed by atoms with E-state index in [4.69, 9.17) is 9.47 Å². The number of hydrogen-bond donors (Lipinski definition) is 1. The summed E-state index contributed by atoms with van der Waals surface area (Å²) in [5, 5.41) is 44.3. The Morgan fingerprint density at radius 1 is 0.789 bits per heavy atom. The zero-order chi connectivity index (χ0) is 51.2. The number of ether oxygens (including phenoxy) is 2. The molecule has 3 aliphatic rings. The van der Waals surface area contributed by atoms with Crippen LogP contribution in [0.1, 0.15) is 198 Å². The molecule has 5 rings (SSSR count). The van der Waals surface area contributed by atoms with Crippen LogP contribution in [0.4, 0.5) is 11.4 Å². The molecule has 1 aliphatic carbocycles. The van der Waals surface area contributed by atoms with Crippen molar-refractivity contribution in [3.8, 4) is 24.0 Å². The lowest BCUT2D eigenvalue weighted by Gasteiger charge is -2.35. The number of allylic oxidation sites excluding steroid dienone is 8. The second kappa shape index (κ2) is 28.2. The van der Waals surface area contributed by atoms with Crippen molar-refractivity contribution < 1.29 is 28.7 Å². The molecule has 0 spiro atoms. The lowest BCUT2D eigenvalue weighted by Crippen LogP contribution is -2.37. The molecule has 380 valence electrons. The molecule has 71 heavy (non-hydrogen) atoms. The van der Waals surface area contributed by atoms with Crippen LogP contribution in [0.25, 0.3) is 0 Å². The van der Waals surface area contributed by atoms with Gasteiger partial charge in [-0.15, -0.1) is 0 Å². The minimum atomic E-state index is -0.895. The van der Waals surface area contributed by atoms with E-state index in [1.54, 1.807) is 7.11 Å². The number of fused-ring (bicyclic) bond motifs is 2. The van der Waals surface area contributed by atoms with Crippen LogP contribution in [0.15, 0.2) is 82.1 Å². The molecule has 0 saturated carbocycles. The quantitative estimate of drug-likeness (QED) is 0.0337. The lowest BCUT2D eigenvalue weighted by atomic mass is 9.68. The van der Waals surface area contributed by atoms with Crippen LogP contribution in [0.5, 0.6) is 5.75 Å². The number of carbonyl (C=O) groups excluding carboxylic acids is 1. The Balaban J connectivity index is 1.80. The highest BCUT2D eigenvalue weighted by molar-refractivity contribution is 6.10. The lowest BCUT2D eigenvalue weighted by molar-refractivity contribution is -0.437. The number of hydrogen-bond acceptors (Lipinski definition) is 8. The molecule has 10 nitrogen and oxygen atoms in total. The van der Waals surface area contributed by atoms with E-state index in [2.05, 4.69) is 92.6 Å². The number of carboxylic acid groups (broad SMARTS) is 1. The molecule has 0 atom stereocenters. The van der Waals surface area contributed by atoms with Crippen molar-refractivity contribution in [1.82, 2.24) is 0 Å². The Hall–Kier alpha value is -5.92. The predicted molar refractivity (Wildman–Crippen MR) is 285 cm³/mol. The normalized spacial score (nSPS) is 17.1. The number of rotatable bonds is 31. The number of unbranched alkanes of at least 4 members (excludes halogenated alkanes) is 12. The molecule has 0 aromatic heterocycles. The van der Waals surface area contributed by atoms with Crippen molar-refractivity contribution in [3.05, 3.63) is 98.8 Å². The topological polar surface area (TPSA) is 150 Å². The molecule has 2 aromatic carbocycles. The number of aliphatic carboxylic acids is 1. The van der Waals surface area contributed by atoms with Crippen LogP contribution in [-0.4, -0.2) is 54.6 Å². The molecular formula is C61H82N5O5+. The first-order valence-electron chi connectivity index (χ1n) is 27.2. The summed E-state index contributed by atoms with van der Waals surface area (Å²) in [5.41, 5.74) is 8.99. The standard InChI is InChI=1S/C61H81N5O5/c1-7-11-15-19-31-60(32-20-16-12-8-2)53-38-46(5)26-28-55(53)65(35-30-57(68)69)58(60)49(42-62)39-47-24-23-25-48(52(47)44-64)40-50(43-63)59-61(33-21-17-13-9-3,34-22-18-14-10-4)54-41-51(70-6)27-29-56(54)66(59)36-37-71-45-67/h26-29,38-41,45H,7-25,30-37H2,1-6H3/p+1. The van der Waals surface area contributed by atoms with Gasteiger partial charge in [0.15, 0.2) is 6.54 Å². The van der Waals surface area contributed by atoms with E-state index in [1.165, 1.54) is 5.56 Å². The molecule has 2 heterocycles. The fourth-order valence-corrected chi connectivity index (χ4v) is 11.9. The van der Waals surface area contributed by atoms with Gasteiger partial charge in [0.1, 0.15) is 36.5 Å². The van der Waals surface area contributed by atoms with Crippen molar-refractivity contribution in [2.24, 2.45) is 0 Å². The average Bonchev–Trinajstić information content (AvgIpc) is 3.79. The summed E-state index contributed by atoms with van der Waals surface area (Å²) in [6.07, 6.45) is 26.0. The number of methoxy groups -OCH3 is 1. The number of carbonyl (C=O) groups is 2. The van der Waals surface area contributed by atoms with E-state index in [0.717, 1.165) is 186 Å². The van der Waals surface area contributed by atoms with Gasteiger partial charge < -0.3 is 19.5 Å². The Kier molecular flexibility index (Phi) is 22.2. The molecule has 2 aromatic rings. The van der Waals surface area contributed by atoms with Gasteiger partial charge in [-0.3, -0.25) is 9.59 Å². The fraction of sp³-hybridized carbons (Fsp3) is 0.574. The summed E-state index contributed by atoms with van der Waals surface area (Å²) in [7, 11) is 1.68. The maximum absolute atomic E-state index is 12.3. The number of nitriles is 3. The highest BCUT2D eigenvalue weighted by Gasteiger charge is 2.53. The van der Waals surface area contributed by atoms with Gasteiger partial charge in [0.05, 0.1) is 36.3 Å². The largest absolute Gasteiger partial charge is 0.497 e. The van der Waals surface area contributed by atoms with Gasteiger partial charge in [-0.2, -0.15) is 20.4 Å². The molecule has 0 bridgehead atoms. The molecule has 1 N–H and O–H groups in total. The van der Waals surface area contributed by atoms with E-state index < -0.39 is 16.8 Å². The second-order valence-electron chi connectivity index (χ2n) is 20.2. The van der Waals surface area contributed by atoms with Gasteiger partial charge in [-0.1, -0.05) is 142 Å². The first-order valence-corrected chi connectivity index (χ1v) is 27.2. The number of carboxylic acids is 1. The van der Waals surface area contributed by atoms with Crippen molar-refractivity contribution in [2.75, 3.05) is 31.7 Å². The zero-order valence-corrected chi connectivity index (χ0v) is 44.1. The van der Waals surface area contributed by atoms with E-state index in [0.29, 0.717) is 42.6 Å². The number of aryl methyl sites for hydroxylation is 1. The predicted octanol–water partition coefficient (Wildman–Crippen LogP) is 14.8. The van der Waals surface area contributed by atoms with Gasteiger partial charge in [-0.05, 0) is 105 Å². The van der Waals surface area contributed by atoms with Crippen LogP contribution in [0, 0.1) is 40.9 Å².